The second-order valence-corrected chi connectivity index (χ2v) is 11.1. The molecule has 0 saturated carbocycles. The number of hydrogen-bond acceptors (Lipinski definition) is 6. The van der Waals surface area contributed by atoms with Crippen molar-refractivity contribution in [2.24, 2.45) is 5.92 Å². The SMILES string of the molecule is CSc1nc(SCC[NH+](C)C)c2sc3nc(CC(C)C)c4c(c3c2n1)CCC4. The van der Waals surface area contributed by atoms with E-state index in [-0.39, 0.29) is 0 Å². The Balaban J connectivity index is 1.89. The lowest BCUT2D eigenvalue weighted by molar-refractivity contribution is -0.855. The summed E-state index contributed by atoms with van der Waals surface area (Å²) in [5, 5.41) is 3.33. The molecule has 28 heavy (non-hydrogen) atoms. The summed E-state index contributed by atoms with van der Waals surface area (Å²) in [5.74, 6) is 1.70. The van der Waals surface area contributed by atoms with Gasteiger partial charge in [-0.05, 0) is 49.0 Å². The summed E-state index contributed by atoms with van der Waals surface area (Å²) in [5.41, 5.74) is 5.49. The van der Waals surface area contributed by atoms with E-state index in [0.29, 0.717) is 5.92 Å². The predicted octanol–water partition coefficient (Wildman–Crippen LogP) is 3.89. The monoisotopic (exact) mass is 433 g/mol. The Morgan fingerprint density at radius 2 is 1.89 bits per heavy atom. The molecule has 1 aliphatic carbocycles. The summed E-state index contributed by atoms with van der Waals surface area (Å²) in [6.07, 6.45) is 6.72. The van der Waals surface area contributed by atoms with Crippen molar-refractivity contribution in [1.29, 1.82) is 0 Å². The highest BCUT2D eigenvalue weighted by Crippen LogP contribution is 2.43. The van der Waals surface area contributed by atoms with Crippen molar-refractivity contribution in [2.75, 3.05) is 32.6 Å². The van der Waals surface area contributed by atoms with E-state index < -0.39 is 0 Å². The van der Waals surface area contributed by atoms with E-state index in [1.54, 1.807) is 23.1 Å². The number of hydrogen-bond donors (Lipinski definition) is 1. The molecule has 3 aromatic rings. The number of thiophene rings is 1. The van der Waals surface area contributed by atoms with Crippen LogP contribution in [0.3, 0.4) is 0 Å². The summed E-state index contributed by atoms with van der Waals surface area (Å²) >= 11 is 5.31. The molecule has 0 radical (unpaired) electrons. The predicted molar refractivity (Wildman–Crippen MR) is 123 cm³/mol. The molecule has 4 rings (SSSR count). The van der Waals surface area contributed by atoms with Gasteiger partial charge in [-0.1, -0.05) is 37.4 Å². The van der Waals surface area contributed by atoms with Crippen molar-refractivity contribution < 1.29 is 4.90 Å². The number of nitrogens with one attached hydrogen (secondary N) is 1. The van der Waals surface area contributed by atoms with Crippen LogP contribution in [0.1, 0.15) is 37.1 Å². The van der Waals surface area contributed by atoms with E-state index in [0.717, 1.165) is 40.8 Å². The van der Waals surface area contributed by atoms with Gasteiger partial charge in [0.2, 0.25) is 0 Å². The molecule has 0 aliphatic heterocycles. The molecule has 0 unspecified atom stereocenters. The van der Waals surface area contributed by atoms with Crippen molar-refractivity contribution in [3.8, 4) is 0 Å². The summed E-state index contributed by atoms with van der Waals surface area (Å²) in [7, 11) is 4.40. The average Bonchev–Trinajstić information content (AvgIpc) is 3.25. The minimum atomic E-state index is 0.631. The Morgan fingerprint density at radius 3 is 2.61 bits per heavy atom. The van der Waals surface area contributed by atoms with Crippen LogP contribution in [0, 0.1) is 5.92 Å². The van der Waals surface area contributed by atoms with Crippen LogP contribution in [0.5, 0.6) is 0 Å². The fourth-order valence-corrected chi connectivity index (χ4v) is 6.75. The molecule has 4 nitrogen and oxygen atoms in total. The number of pyridine rings is 1. The van der Waals surface area contributed by atoms with E-state index in [4.69, 9.17) is 15.0 Å². The second-order valence-electron chi connectivity index (χ2n) is 8.25. The minimum absolute atomic E-state index is 0.631. The maximum absolute atomic E-state index is 5.16. The molecule has 150 valence electrons. The Hall–Kier alpha value is -0.890. The standard InChI is InChI=1S/C21H28N4S3/c1-12(2)11-15-13-7-6-8-14(13)16-17-18(28-19(16)22-15)20(24-21(23-17)26-5)27-10-9-25(3)4/h12H,6-11H2,1-5H3/p+1. The number of thioether (sulfide) groups is 2. The molecule has 0 aromatic carbocycles. The van der Waals surface area contributed by atoms with Crippen molar-refractivity contribution in [2.45, 2.75) is 49.7 Å². The Kier molecular flexibility index (Phi) is 6.16. The number of nitrogens with zero attached hydrogens (tertiary/aromatic N) is 3. The van der Waals surface area contributed by atoms with Gasteiger partial charge in [-0.3, -0.25) is 0 Å². The smallest absolute Gasteiger partial charge is 0.189 e. The van der Waals surface area contributed by atoms with Gasteiger partial charge < -0.3 is 4.90 Å². The summed E-state index contributed by atoms with van der Waals surface area (Å²) in [6, 6.07) is 0. The summed E-state index contributed by atoms with van der Waals surface area (Å²) in [4.78, 5) is 17.6. The van der Waals surface area contributed by atoms with Crippen LogP contribution in [0.25, 0.3) is 20.4 Å². The van der Waals surface area contributed by atoms with Crippen molar-refractivity contribution in [1.82, 2.24) is 15.0 Å². The molecular weight excluding hydrogens is 404 g/mol. The maximum atomic E-state index is 5.16. The van der Waals surface area contributed by atoms with Gasteiger partial charge in [0.1, 0.15) is 9.86 Å². The number of quaternary nitrogens is 1. The normalized spacial score (nSPS) is 14.1. The van der Waals surface area contributed by atoms with E-state index in [2.05, 4.69) is 34.2 Å². The van der Waals surface area contributed by atoms with Crippen LogP contribution in [0.2, 0.25) is 0 Å². The first kappa shape index (κ1) is 20.4. The van der Waals surface area contributed by atoms with Crippen LogP contribution in [-0.4, -0.2) is 47.6 Å². The van der Waals surface area contributed by atoms with Gasteiger partial charge in [-0.15, -0.1) is 11.3 Å². The average molecular weight is 434 g/mol. The maximum Gasteiger partial charge on any atom is 0.189 e. The highest BCUT2D eigenvalue weighted by atomic mass is 32.2. The highest BCUT2D eigenvalue weighted by Gasteiger charge is 2.25. The third-order valence-electron chi connectivity index (χ3n) is 5.19. The molecule has 0 spiro atoms. The molecule has 1 N–H and O–H groups in total. The zero-order valence-electron chi connectivity index (χ0n) is 17.4. The molecule has 0 amide bonds. The number of fused-ring (bicyclic) bond motifs is 5. The quantitative estimate of drug-likeness (QED) is 0.348. The van der Waals surface area contributed by atoms with Gasteiger partial charge in [0.15, 0.2) is 5.16 Å². The van der Waals surface area contributed by atoms with Gasteiger partial charge in [0.05, 0.1) is 30.9 Å². The molecule has 7 heteroatoms. The first-order valence-corrected chi connectivity index (χ1v) is 13.1. The number of aryl methyl sites for hydroxylation is 1. The lowest BCUT2D eigenvalue weighted by Gasteiger charge is -2.11. The molecule has 3 aromatic heterocycles. The van der Waals surface area contributed by atoms with Crippen LogP contribution in [0.15, 0.2) is 10.2 Å². The van der Waals surface area contributed by atoms with Gasteiger partial charge >= 0.3 is 0 Å². The third-order valence-corrected chi connectivity index (χ3v) is 7.93. The van der Waals surface area contributed by atoms with Crippen molar-refractivity contribution in [3.05, 3.63) is 16.8 Å². The molecular formula is C21H29N4S3+. The van der Waals surface area contributed by atoms with E-state index in [1.165, 1.54) is 49.5 Å². The molecule has 0 bridgehead atoms. The van der Waals surface area contributed by atoms with Crippen molar-refractivity contribution in [3.63, 3.8) is 0 Å². The van der Waals surface area contributed by atoms with E-state index in [9.17, 15) is 0 Å². The lowest BCUT2D eigenvalue weighted by Crippen LogP contribution is -3.06. The fourth-order valence-electron chi connectivity index (χ4n) is 3.90. The molecule has 0 atom stereocenters. The third kappa shape index (κ3) is 3.91. The van der Waals surface area contributed by atoms with Crippen LogP contribution in [-0.2, 0) is 19.3 Å². The van der Waals surface area contributed by atoms with Crippen molar-refractivity contribution >= 4 is 55.3 Å². The van der Waals surface area contributed by atoms with Crippen LogP contribution < -0.4 is 4.90 Å². The zero-order chi connectivity index (χ0) is 19.8. The highest BCUT2D eigenvalue weighted by molar-refractivity contribution is 7.99. The van der Waals surface area contributed by atoms with E-state index in [1.807, 2.05) is 11.8 Å². The molecule has 0 saturated heterocycles. The Bertz CT molecular complexity index is 1010. The zero-order valence-corrected chi connectivity index (χ0v) is 19.8. The number of rotatable bonds is 7. The fraction of sp³-hybridized carbons (Fsp3) is 0.571. The topological polar surface area (TPSA) is 43.1 Å². The largest absolute Gasteiger partial charge is 0.339 e. The van der Waals surface area contributed by atoms with Gasteiger partial charge in [-0.2, -0.15) is 0 Å². The summed E-state index contributed by atoms with van der Waals surface area (Å²) < 4.78 is 1.23. The second kappa shape index (κ2) is 8.46. The first-order valence-electron chi connectivity index (χ1n) is 10.1. The van der Waals surface area contributed by atoms with Gasteiger partial charge in [0.25, 0.3) is 0 Å². The summed E-state index contributed by atoms with van der Waals surface area (Å²) in [6.45, 7) is 5.70. The minimum Gasteiger partial charge on any atom is -0.339 e. The Morgan fingerprint density at radius 1 is 1.11 bits per heavy atom. The number of aromatic nitrogens is 3. The van der Waals surface area contributed by atoms with Gasteiger partial charge in [-0.25, -0.2) is 15.0 Å². The Labute approximate surface area is 179 Å². The van der Waals surface area contributed by atoms with Crippen LogP contribution in [0.4, 0.5) is 0 Å². The molecule has 1 aliphatic rings. The molecule has 0 fully saturated rings. The lowest BCUT2D eigenvalue weighted by atomic mass is 9.99. The molecule has 3 heterocycles. The first-order chi connectivity index (χ1) is 13.5. The van der Waals surface area contributed by atoms with Crippen LogP contribution >= 0.6 is 34.9 Å². The van der Waals surface area contributed by atoms with Gasteiger partial charge in [0, 0.05) is 16.8 Å². The van der Waals surface area contributed by atoms with E-state index >= 15 is 0 Å².